The fourth-order valence-corrected chi connectivity index (χ4v) is 5.19. The lowest BCUT2D eigenvalue weighted by Crippen LogP contribution is -2.48. The SMILES string of the molecule is O=C(c1cn(C[C@@H]2CCCO2)cc2c(=O)n(-c3ccccc3)nc1-2)N1CCN(Cc2ccccn2)CC1. The van der Waals surface area contributed by atoms with E-state index in [2.05, 4.69) is 15.0 Å². The zero-order valence-corrected chi connectivity index (χ0v) is 20.7. The number of para-hydroxylation sites is 1. The molecule has 2 aromatic rings. The maximum absolute atomic E-state index is 13.8. The molecule has 9 nitrogen and oxygen atoms in total. The third-order valence-electron chi connectivity index (χ3n) is 7.16. The van der Waals surface area contributed by atoms with Gasteiger partial charge in [-0.25, -0.2) is 0 Å². The van der Waals surface area contributed by atoms with E-state index in [0.29, 0.717) is 42.1 Å². The van der Waals surface area contributed by atoms with Gasteiger partial charge in [-0.15, -0.1) is 0 Å². The molecule has 190 valence electrons. The first-order valence-corrected chi connectivity index (χ1v) is 12.9. The van der Waals surface area contributed by atoms with Crippen molar-refractivity contribution in [2.75, 3.05) is 32.8 Å². The number of hydrogen-bond acceptors (Lipinski definition) is 6. The highest BCUT2D eigenvalue weighted by Crippen LogP contribution is 2.25. The fourth-order valence-electron chi connectivity index (χ4n) is 5.19. The Hall–Kier alpha value is -3.82. The van der Waals surface area contributed by atoms with Crippen LogP contribution in [0.3, 0.4) is 0 Å². The van der Waals surface area contributed by atoms with Gasteiger partial charge in [-0.05, 0) is 37.1 Å². The predicted molar refractivity (Wildman–Crippen MR) is 139 cm³/mol. The molecule has 5 heterocycles. The predicted octanol–water partition coefficient (Wildman–Crippen LogP) is 2.67. The van der Waals surface area contributed by atoms with Crippen LogP contribution in [-0.2, 0) is 17.8 Å². The first-order valence-electron chi connectivity index (χ1n) is 12.9. The van der Waals surface area contributed by atoms with Gasteiger partial charge >= 0.3 is 0 Å². The summed E-state index contributed by atoms with van der Waals surface area (Å²) in [6.45, 7) is 4.86. The average Bonchev–Trinajstić information content (AvgIpc) is 3.57. The average molecular weight is 499 g/mol. The second-order valence-corrected chi connectivity index (χ2v) is 9.71. The summed E-state index contributed by atoms with van der Waals surface area (Å²) in [6, 6.07) is 15.3. The molecule has 9 heteroatoms. The Morgan fingerprint density at radius 2 is 1.81 bits per heavy atom. The van der Waals surface area contributed by atoms with Crippen molar-refractivity contribution in [3.8, 4) is 16.9 Å². The highest BCUT2D eigenvalue weighted by molar-refractivity contribution is 6.00. The second kappa shape index (κ2) is 10.3. The smallest absolute Gasteiger partial charge is 0.282 e. The van der Waals surface area contributed by atoms with Crippen molar-refractivity contribution in [1.82, 2.24) is 29.1 Å². The summed E-state index contributed by atoms with van der Waals surface area (Å²) in [6.07, 6.45) is 7.54. The minimum atomic E-state index is -0.225. The van der Waals surface area contributed by atoms with Crippen LogP contribution in [0.1, 0.15) is 28.9 Å². The van der Waals surface area contributed by atoms with Gasteiger partial charge in [0.15, 0.2) is 0 Å². The molecular formula is C28H30N6O3. The minimum absolute atomic E-state index is 0.0832. The van der Waals surface area contributed by atoms with Crippen molar-refractivity contribution >= 4 is 5.91 Å². The van der Waals surface area contributed by atoms with Crippen molar-refractivity contribution in [2.24, 2.45) is 0 Å². The van der Waals surface area contributed by atoms with Gasteiger partial charge in [-0.1, -0.05) is 24.3 Å². The number of piperazine rings is 1. The van der Waals surface area contributed by atoms with E-state index in [0.717, 1.165) is 44.8 Å². The summed E-state index contributed by atoms with van der Waals surface area (Å²) in [5.74, 6) is -0.0955. The second-order valence-electron chi connectivity index (χ2n) is 9.71. The highest BCUT2D eigenvalue weighted by Gasteiger charge is 2.30. The number of ether oxygens (including phenoxy) is 1. The van der Waals surface area contributed by atoms with Gasteiger partial charge in [0.25, 0.3) is 11.5 Å². The van der Waals surface area contributed by atoms with Gasteiger partial charge in [0.05, 0.1) is 28.6 Å². The number of hydrogen-bond donors (Lipinski definition) is 0. The highest BCUT2D eigenvalue weighted by atomic mass is 16.5. The van der Waals surface area contributed by atoms with Gasteiger partial charge in [0, 0.05) is 64.5 Å². The molecule has 6 rings (SSSR count). The maximum Gasteiger partial charge on any atom is 0.282 e. The molecule has 0 spiro atoms. The van der Waals surface area contributed by atoms with E-state index in [1.54, 1.807) is 6.20 Å². The number of benzene rings is 1. The van der Waals surface area contributed by atoms with Crippen LogP contribution in [0.25, 0.3) is 16.9 Å². The molecule has 2 fully saturated rings. The standard InChI is InChI=1S/C28H30N6O3/c35-27(33-14-12-31(13-15-33)17-21-7-4-5-11-29-21)24-19-32(18-23-10-6-16-37-23)20-25-26(24)30-34(28(25)36)22-8-2-1-3-9-22/h1-5,7-9,11,19-20,23H,6,10,12-18H2/t23-/m0/s1. The molecule has 0 bridgehead atoms. The van der Waals surface area contributed by atoms with Crippen molar-refractivity contribution in [3.05, 3.63) is 88.7 Å². The number of nitrogens with zero attached hydrogens (tertiary/aromatic N) is 6. The summed E-state index contributed by atoms with van der Waals surface area (Å²) in [5.41, 5.74) is 2.82. The fraction of sp³-hybridized carbons (Fsp3) is 0.357. The van der Waals surface area contributed by atoms with E-state index < -0.39 is 0 Å². The molecule has 1 atom stereocenters. The van der Waals surface area contributed by atoms with E-state index in [-0.39, 0.29) is 17.6 Å². The third kappa shape index (κ3) is 4.92. The van der Waals surface area contributed by atoms with E-state index in [1.807, 2.05) is 70.4 Å². The summed E-state index contributed by atoms with van der Waals surface area (Å²) < 4.78 is 9.15. The molecule has 0 unspecified atom stereocenters. The molecule has 2 saturated heterocycles. The third-order valence-corrected chi connectivity index (χ3v) is 7.16. The summed E-state index contributed by atoms with van der Waals surface area (Å²) in [4.78, 5) is 35.8. The number of rotatable bonds is 6. The van der Waals surface area contributed by atoms with Crippen LogP contribution in [0.5, 0.6) is 0 Å². The van der Waals surface area contributed by atoms with E-state index in [1.165, 1.54) is 4.68 Å². The molecule has 0 aliphatic carbocycles. The quantitative estimate of drug-likeness (QED) is 0.406. The van der Waals surface area contributed by atoms with Gasteiger partial charge in [-0.2, -0.15) is 9.78 Å². The summed E-state index contributed by atoms with van der Waals surface area (Å²) in [7, 11) is 0. The molecular weight excluding hydrogens is 468 g/mol. The zero-order valence-electron chi connectivity index (χ0n) is 20.7. The van der Waals surface area contributed by atoms with Gasteiger partial charge in [-0.3, -0.25) is 19.5 Å². The van der Waals surface area contributed by atoms with E-state index in [9.17, 15) is 9.59 Å². The number of fused-ring (bicyclic) bond motifs is 1. The monoisotopic (exact) mass is 498 g/mol. The number of carbonyl (C=O) groups excluding carboxylic acids is 1. The molecule has 0 saturated carbocycles. The lowest BCUT2D eigenvalue weighted by atomic mass is 10.1. The van der Waals surface area contributed by atoms with Crippen molar-refractivity contribution < 1.29 is 9.53 Å². The first-order chi connectivity index (χ1) is 18.2. The zero-order chi connectivity index (χ0) is 25.2. The van der Waals surface area contributed by atoms with Crippen LogP contribution in [-0.4, -0.2) is 73.9 Å². The van der Waals surface area contributed by atoms with Crippen molar-refractivity contribution in [3.63, 3.8) is 0 Å². The molecule has 4 aliphatic heterocycles. The Morgan fingerprint density at radius 3 is 2.54 bits per heavy atom. The Labute approximate surface area is 215 Å². The van der Waals surface area contributed by atoms with Crippen LogP contribution in [0, 0.1) is 0 Å². The molecule has 4 aliphatic rings. The van der Waals surface area contributed by atoms with E-state index in [4.69, 9.17) is 4.74 Å². The van der Waals surface area contributed by atoms with Crippen LogP contribution >= 0.6 is 0 Å². The largest absolute Gasteiger partial charge is 0.376 e. The summed E-state index contributed by atoms with van der Waals surface area (Å²) >= 11 is 0. The van der Waals surface area contributed by atoms with Gasteiger partial charge < -0.3 is 14.2 Å². The lowest BCUT2D eigenvalue weighted by Gasteiger charge is -2.34. The van der Waals surface area contributed by atoms with Crippen LogP contribution in [0.4, 0.5) is 0 Å². The number of aromatic nitrogens is 4. The lowest BCUT2D eigenvalue weighted by molar-refractivity contribution is 0.0625. The normalized spacial score (nSPS) is 18.5. The number of amides is 1. The number of carbonyl (C=O) groups is 1. The number of pyridine rings is 2. The van der Waals surface area contributed by atoms with Crippen molar-refractivity contribution in [2.45, 2.75) is 32.0 Å². The summed E-state index contributed by atoms with van der Waals surface area (Å²) in [5, 5.41) is 4.64. The molecule has 1 aromatic carbocycles. The minimum Gasteiger partial charge on any atom is -0.376 e. The Bertz CT molecular complexity index is 1390. The topological polar surface area (TPSA) is 85.5 Å². The van der Waals surface area contributed by atoms with Crippen LogP contribution in [0.15, 0.2) is 71.9 Å². The van der Waals surface area contributed by atoms with Crippen molar-refractivity contribution in [1.29, 1.82) is 0 Å². The Kier molecular flexibility index (Phi) is 6.55. The molecule has 1 amide bonds. The van der Waals surface area contributed by atoms with Crippen LogP contribution in [0.2, 0.25) is 0 Å². The Morgan fingerprint density at radius 1 is 1.00 bits per heavy atom. The molecule has 0 radical (unpaired) electrons. The first kappa shape index (κ1) is 23.6. The molecule has 37 heavy (non-hydrogen) atoms. The van der Waals surface area contributed by atoms with Crippen LogP contribution < -0.4 is 5.56 Å². The maximum atomic E-state index is 13.8. The van der Waals surface area contributed by atoms with Gasteiger partial charge in [0.1, 0.15) is 5.69 Å². The van der Waals surface area contributed by atoms with E-state index >= 15 is 0 Å². The Balaban J connectivity index is 1.29. The van der Waals surface area contributed by atoms with Gasteiger partial charge in [0.2, 0.25) is 0 Å². The molecule has 1 aromatic heterocycles. The molecule has 0 N–H and O–H groups in total.